The molecule has 1 aromatic heterocycles. The zero-order valence-corrected chi connectivity index (χ0v) is 10.9. The largest absolute Gasteiger partial charge is 0.416 e. The normalized spacial score (nSPS) is 11.2. The van der Waals surface area contributed by atoms with E-state index < -0.39 is 17.6 Å². The molecule has 0 fully saturated rings. The van der Waals surface area contributed by atoms with E-state index in [0.29, 0.717) is 0 Å². The molecule has 2 N–H and O–H groups in total. The summed E-state index contributed by atoms with van der Waals surface area (Å²) in [5.74, 6) is -0.608. The minimum atomic E-state index is -4.48. The van der Waals surface area contributed by atoms with E-state index in [4.69, 9.17) is 0 Å². The van der Waals surface area contributed by atoms with Gasteiger partial charge in [0.15, 0.2) is 0 Å². The van der Waals surface area contributed by atoms with E-state index in [1.54, 1.807) is 0 Å². The van der Waals surface area contributed by atoms with Crippen molar-refractivity contribution in [3.63, 3.8) is 0 Å². The second kappa shape index (κ2) is 5.43. The van der Waals surface area contributed by atoms with Crippen molar-refractivity contribution < 1.29 is 18.0 Å². The highest BCUT2D eigenvalue weighted by Crippen LogP contribution is 2.33. The standard InChI is InChI=1S/C14H11F3N2O2/c1-8-2-4-10(6-11(8)14(15,16)17)19-13(21)9-3-5-12(20)18-7-9/h2-7H,1H3,(H,18,20)(H,19,21). The van der Waals surface area contributed by atoms with Crippen LogP contribution in [0.1, 0.15) is 21.5 Å². The van der Waals surface area contributed by atoms with E-state index in [-0.39, 0.29) is 22.4 Å². The van der Waals surface area contributed by atoms with Gasteiger partial charge < -0.3 is 10.3 Å². The molecule has 0 aliphatic carbocycles. The SMILES string of the molecule is Cc1ccc(NC(=O)c2ccc(=O)[nH]c2)cc1C(F)(F)F. The Balaban J connectivity index is 2.26. The smallest absolute Gasteiger partial charge is 0.328 e. The molecule has 0 spiro atoms. The molecular weight excluding hydrogens is 285 g/mol. The summed E-state index contributed by atoms with van der Waals surface area (Å²) in [4.78, 5) is 25.1. The van der Waals surface area contributed by atoms with Crippen LogP contribution in [0.2, 0.25) is 0 Å². The van der Waals surface area contributed by atoms with Crippen LogP contribution in [0.3, 0.4) is 0 Å². The van der Waals surface area contributed by atoms with Crippen LogP contribution in [0.5, 0.6) is 0 Å². The Labute approximate surface area is 117 Å². The minimum Gasteiger partial charge on any atom is -0.328 e. The highest BCUT2D eigenvalue weighted by Gasteiger charge is 2.32. The van der Waals surface area contributed by atoms with Crippen molar-refractivity contribution >= 4 is 11.6 Å². The second-order valence-corrected chi connectivity index (χ2v) is 4.42. The number of aryl methyl sites for hydroxylation is 1. The van der Waals surface area contributed by atoms with Gasteiger partial charge in [-0.2, -0.15) is 13.2 Å². The molecule has 7 heteroatoms. The Morgan fingerprint density at radius 2 is 1.90 bits per heavy atom. The summed E-state index contributed by atoms with van der Waals surface area (Å²) in [7, 11) is 0. The van der Waals surface area contributed by atoms with E-state index in [0.717, 1.165) is 12.1 Å². The van der Waals surface area contributed by atoms with Gasteiger partial charge in [-0.3, -0.25) is 9.59 Å². The zero-order chi connectivity index (χ0) is 15.6. The first kappa shape index (κ1) is 14.8. The predicted molar refractivity (Wildman–Crippen MR) is 71.2 cm³/mol. The number of alkyl halides is 3. The first-order valence-corrected chi connectivity index (χ1v) is 5.95. The lowest BCUT2D eigenvalue weighted by molar-refractivity contribution is -0.138. The van der Waals surface area contributed by atoms with Crippen molar-refractivity contribution in [2.75, 3.05) is 5.32 Å². The molecule has 4 nitrogen and oxygen atoms in total. The predicted octanol–water partition coefficient (Wildman–Crippen LogP) is 2.95. The molecule has 0 unspecified atom stereocenters. The van der Waals surface area contributed by atoms with E-state index >= 15 is 0 Å². The van der Waals surface area contributed by atoms with Crippen LogP contribution in [0.25, 0.3) is 0 Å². The van der Waals surface area contributed by atoms with Crippen molar-refractivity contribution in [1.82, 2.24) is 4.98 Å². The van der Waals surface area contributed by atoms with Crippen LogP contribution in [0.4, 0.5) is 18.9 Å². The summed E-state index contributed by atoms with van der Waals surface area (Å²) in [6.45, 7) is 1.34. The van der Waals surface area contributed by atoms with Gasteiger partial charge in [-0.25, -0.2) is 0 Å². The fraction of sp³-hybridized carbons (Fsp3) is 0.143. The molecule has 0 bridgehead atoms. The van der Waals surface area contributed by atoms with Gasteiger partial charge in [0.2, 0.25) is 5.56 Å². The molecule has 110 valence electrons. The number of rotatable bonds is 2. The third kappa shape index (κ3) is 3.50. The summed E-state index contributed by atoms with van der Waals surface area (Å²) >= 11 is 0. The van der Waals surface area contributed by atoms with Crippen LogP contribution in [0.15, 0.2) is 41.3 Å². The molecule has 2 aromatic rings. The van der Waals surface area contributed by atoms with E-state index in [2.05, 4.69) is 10.3 Å². The van der Waals surface area contributed by atoms with Gasteiger partial charge in [-0.05, 0) is 30.7 Å². The Bertz CT molecular complexity index is 715. The molecule has 21 heavy (non-hydrogen) atoms. The summed E-state index contributed by atoms with van der Waals surface area (Å²) in [5, 5.41) is 2.36. The first-order chi connectivity index (χ1) is 9.77. The van der Waals surface area contributed by atoms with Gasteiger partial charge in [-0.15, -0.1) is 0 Å². The Morgan fingerprint density at radius 3 is 2.48 bits per heavy atom. The van der Waals surface area contributed by atoms with Crippen LogP contribution in [-0.4, -0.2) is 10.9 Å². The lowest BCUT2D eigenvalue weighted by Crippen LogP contribution is -2.15. The van der Waals surface area contributed by atoms with Gasteiger partial charge in [0, 0.05) is 18.0 Å². The maximum atomic E-state index is 12.8. The van der Waals surface area contributed by atoms with Gasteiger partial charge in [0.1, 0.15) is 0 Å². The summed E-state index contributed by atoms with van der Waals surface area (Å²) in [5.41, 5.74) is -0.930. The third-order valence-corrected chi connectivity index (χ3v) is 2.85. The summed E-state index contributed by atoms with van der Waals surface area (Å²) in [6.07, 6.45) is -3.29. The maximum absolute atomic E-state index is 12.8. The number of benzene rings is 1. The topological polar surface area (TPSA) is 62.0 Å². The molecular formula is C14H11F3N2O2. The highest BCUT2D eigenvalue weighted by molar-refractivity contribution is 6.04. The fourth-order valence-electron chi connectivity index (χ4n) is 1.76. The Hall–Kier alpha value is -2.57. The number of nitrogens with one attached hydrogen (secondary N) is 2. The van der Waals surface area contributed by atoms with Crippen LogP contribution >= 0.6 is 0 Å². The molecule has 1 amide bonds. The van der Waals surface area contributed by atoms with Gasteiger partial charge in [0.25, 0.3) is 5.91 Å². The molecule has 0 aliphatic heterocycles. The second-order valence-electron chi connectivity index (χ2n) is 4.42. The number of amides is 1. The number of hydrogen-bond donors (Lipinski definition) is 2. The van der Waals surface area contributed by atoms with Gasteiger partial charge >= 0.3 is 6.18 Å². The lowest BCUT2D eigenvalue weighted by atomic mass is 10.1. The van der Waals surface area contributed by atoms with Crippen LogP contribution in [-0.2, 0) is 6.18 Å². The maximum Gasteiger partial charge on any atom is 0.416 e. The van der Waals surface area contributed by atoms with E-state index in [9.17, 15) is 22.8 Å². The average molecular weight is 296 g/mol. The number of anilines is 1. The van der Waals surface area contributed by atoms with Gasteiger partial charge in [0.05, 0.1) is 11.1 Å². The molecule has 1 aromatic carbocycles. The lowest BCUT2D eigenvalue weighted by Gasteiger charge is -2.12. The van der Waals surface area contributed by atoms with Gasteiger partial charge in [-0.1, -0.05) is 6.07 Å². The molecule has 0 saturated heterocycles. The number of carbonyl (C=O) groups is 1. The molecule has 0 atom stereocenters. The summed E-state index contributed by atoms with van der Waals surface area (Å²) < 4.78 is 38.3. The Kier molecular flexibility index (Phi) is 3.84. The Morgan fingerprint density at radius 1 is 1.19 bits per heavy atom. The number of H-pyrrole nitrogens is 1. The average Bonchev–Trinajstić information content (AvgIpc) is 2.40. The number of aromatic nitrogens is 1. The van der Waals surface area contributed by atoms with Crippen molar-refractivity contribution in [3.8, 4) is 0 Å². The van der Waals surface area contributed by atoms with Crippen LogP contribution < -0.4 is 10.9 Å². The summed E-state index contributed by atoms with van der Waals surface area (Å²) in [6, 6.07) is 5.98. The molecule has 0 saturated carbocycles. The van der Waals surface area contributed by atoms with E-state index in [1.165, 1.54) is 31.3 Å². The van der Waals surface area contributed by atoms with Crippen molar-refractivity contribution in [1.29, 1.82) is 0 Å². The highest BCUT2D eigenvalue weighted by atomic mass is 19.4. The minimum absolute atomic E-state index is 0.0316. The van der Waals surface area contributed by atoms with Crippen molar-refractivity contribution in [2.24, 2.45) is 0 Å². The molecule has 2 rings (SSSR count). The number of carbonyl (C=O) groups excluding carboxylic acids is 1. The number of halogens is 3. The first-order valence-electron chi connectivity index (χ1n) is 5.95. The number of hydrogen-bond acceptors (Lipinski definition) is 2. The van der Waals surface area contributed by atoms with E-state index in [1.807, 2.05) is 0 Å². The van der Waals surface area contributed by atoms with Crippen molar-refractivity contribution in [3.05, 3.63) is 63.6 Å². The quantitative estimate of drug-likeness (QED) is 0.895. The van der Waals surface area contributed by atoms with Crippen molar-refractivity contribution in [2.45, 2.75) is 13.1 Å². The molecule has 0 aliphatic rings. The monoisotopic (exact) mass is 296 g/mol. The third-order valence-electron chi connectivity index (χ3n) is 2.85. The molecule has 0 radical (unpaired) electrons. The zero-order valence-electron chi connectivity index (χ0n) is 10.9. The molecule has 1 heterocycles. The van der Waals surface area contributed by atoms with Crippen LogP contribution in [0, 0.1) is 6.92 Å². The fourth-order valence-corrected chi connectivity index (χ4v) is 1.76. The number of aromatic amines is 1. The number of pyridine rings is 1.